The maximum absolute atomic E-state index is 5.49. The van der Waals surface area contributed by atoms with E-state index in [9.17, 15) is 0 Å². The highest BCUT2D eigenvalue weighted by Crippen LogP contribution is 2.13. The van der Waals surface area contributed by atoms with Crippen molar-refractivity contribution in [3.8, 4) is 0 Å². The van der Waals surface area contributed by atoms with Crippen molar-refractivity contribution in [2.75, 3.05) is 13.2 Å². The van der Waals surface area contributed by atoms with Gasteiger partial charge in [0.05, 0.1) is 12.3 Å². The molecule has 4 heteroatoms. The van der Waals surface area contributed by atoms with Crippen molar-refractivity contribution in [3.63, 3.8) is 0 Å². The molecule has 0 aromatic carbocycles. The zero-order valence-corrected chi connectivity index (χ0v) is 11.5. The number of ether oxygens (including phenoxy) is 1. The van der Waals surface area contributed by atoms with Crippen LogP contribution in [0.4, 0.5) is 0 Å². The van der Waals surface area contributed by atoms with Crippen LogP contribution in [-0.4, -0.2) is 24.4 Å². The molecule has 1 atom stereocenters. The number of rotatable bonds is 7. The molecule has 0 aliphatic carbocycles. The first-order valence-electron chi connectivity index (χ1n) is 6.29. The second-order valence-electron chi connectivity index (χ2n) is 4.69. The van der Waals surface area contributed by atoms with Crippen LogP contribution in [0.5, 0.6) is 0 Å². The normalized spacial score (nSPS) is 13.3. The molecule has 1 rings (SSSR count). The molecule has 98 valence electrons. The van der Waals surface area contributed by atoms with Crippen LogP contribution in [0.3, 0.4) is 0 Å². The molecule has 1 heterocycles. The van der Waals surface area contributed by atoms with Crippen LogP contribution in [0.15, 0.2) is 4.52 Å². The lowest BCUT2D eigenvalue weighted by molar-refractivity contribution is 0.108. The third-order valence-electron chi connectivity index (χ3n) is 3.03. The zero-order chi connectivity index (χ0) is 12.8. The van der Waals surface area contributed by atoms with Gasteiger partial charge in [-0.2, -0.15) is 0 Å². The molecule has 0 radical (unpaired) electrons. The van der Waals surface area contributed by atoms with Crippen molar-refractivity contribution in [2.45, 2.75) is 47.2 Å². The minimum Gasteiger partial charge on any atom is -0.380 e. The van der Waals surface area contributed by atoms with Gasteiger partial charge in [-0.05, 0) is 26.7 Å². The SMILES string of the molecule is CCOC[C@H](NCc1c(C)noc1C)C(C)C. The molecular weight excluding hydrogens is 216 g/mol. The van der Waals surface area contributed by atoms with Crippen LogP contribution in [0.25, 0.3) is 0 Å². The summed E-state index contributed by atoms with van der Waals surface area (Å²) in [4.78, 5) is 0. The first kappa shape index (κ1) is 14.2. The van der Waals surface area contributed by atoms with E-state index in [1.807, 2.05) is 20.8 Å². The number of nitrogens with one attached hydrogen (secondary N) is 1. The minimum atomic E-state index is 0.364. The molecule has 0 amide bonds. The van der Waals surface area contributed by atoms with E-state index in [0.717, 1.165) is 36.8 Å². The summed E-state index contributed by atoms with van der Waals surface area (Å²) in [6, 6.07) is 0.364. The van der Waals surface area contributed by atoms with Crippen LogP contribution < -0.4 is 5.32 Å². The predicted octanol–water partition coefficient (Wildman–Crippen LogP) is 2.44. The average Bonchev–Trinajstić information content (AvgIpc) is 2.59. The fourth-order valence-electron chi connectivity index (χ4n) is 1.72. The Bertz CT molecular complexity index is 315. The molecule has 1 aromatic heterocycles. The molecule has 0 aliphatic rings. The smallest absolute Gasteiger partial charge is 0.138 e. The zero-order valence-electron chi connectivity index (χ0n) is 11.5. The van der Waals surface area contributed by atoms with Gasteiger partial charge in [0.1, 0.15) is 5.76 Å². The van der Waals surface area contributed by atoms with Crippen molar-refractivity contribution >= 4 is 0 Å². The Balaban J connectivity index is 2.51. The number of hydrogen-bond acceptors (Lipinski definition) is 4. The van der Waals surface area contributed by atoms with E-state index in [1.54, 1.807) is 0 Å². The van der Waals surface area contributed by atoms with Crippen LogP contribution in [0.1, 0.15) is 37.8 Å². The molecule has 0 aliphatic heterocycles. The summed E-state index contributed by atoms with van der Waals surface area (Å²) in [7, 11) is 0. The van der Waals surface area contributed by atoms with Gasteiger partial charge in [-0.1, -0.05) is 19.0 Å². The third kappa shape index (κ3) is 4.13. The highest BCUT2D eigenvalue weighted by Gasteiger charge is 2.15. The monoisotopic (exact) mass is 240 g/mol. The van der Waals surface area contributed by atoms with E-state index >= 15 is 0 Å². The second-order valence-corrected chi connectivity index (χ2v) is 4.69. The minimum absolute atomic E-state index is 0.364. The summed E-state index contributed by atoms with van der Waals surface area (Å²) >= 11 is 0. The van der Waals surface area contributed by atoms with Crippen LogP contribution in [0, 0.1) is 19.8 Å². The van der Waals surface area contributed by atoms with Gasteiger partial charge in [-0.3, -0.25) is 0 Å². The summed E-state index contributed by atoms with van der Waals surface area (Å²) in [5.41, 5.74) is 2.13. The van der Waals surface area contributed by atoms with E-state index < -0.39 is 0 Å². The molecule has 17 heavy (non-hydrogen) atoms. The summed E-state index contributed by atoms with van der Waals surface area (Å²) in [5.74, 6) is 1.44. The first-order chi connectivity index (χ1) is 8.06. The lowest BCUT2D eigenvalue weighted by Crippen LogP contribution is -2.37. The quantitative estimate of drug-likeness (QED) is 0.795. The average molecular weight is 240 g/mol. The molecule has 0 spiro atoms. The van der Waals surface area contributed by atoms with Crippen molar-refractivity contribution < 1.29 is 9.26 Å². The molecule has 0 fully saturated rings. The molecule has 1 aromatic rings. The number of aryl methyl sites for hydroxylation is 2. The Labute approximate surface area is 104 Å². The molecule has 0 unspecified atom stereocenters. The molecule has 4 nitrogen and oxygen atoms in total. The molecule has 0 saturated carbocycles. The predicted molar refractivity (Wildman–Crippen MR) is 67.9 cm³/mol. The first-order valence-corrected chi connectivity index (χ1v) is 6.29. The Morgan fingerprint density at radius 1 is 1.35 bits per heavy atom. The van der Waals surface area contributed by atoms with Gasteiger partial charge in [0.25, 0.3) is 0 Å². The summed E-state index contributed by atoms with van der Waals surface area (Å²) in [5, 5.41) is 7.47. The lowest BCUT2D eigenvalue weighted by atomic mass is 10.0. The highest BCUT2D eigenvalue weighted by molar-refractivity contribution is 5.20. The van der Waals surface area contributed by atoms with Gasteiger partial charge >= 0.3 is 0 Å². The maximum Gasteiger partial charge on any atom is 0.138 e. The lowest BCUT2D eigenvalue weighted by Gasteiger charge is -2.22. The maximum atomic E-state index is 5.49. The van der Waals surface area contributed by atoms with Gasteiger partial charge in [0, 0.05) is 24.8 Å². The van der Waals surface area contributed by atoms with Crippen LogP contribution in [-0.2, 0) is 11.3 Å². The summed E-state index contributed by atoms with van der Waals surface area (Å²) in [6.07, 6.45) is 0. The van der Waals surface area contributed by atoms with Crippen molar-refractivity contribution in [2.24, 2.45) is 5.92 Å². The van der Waals surface area contributed by atoms with Gasteiger partial charge in [0.2, 0.25) is 0 Å². The Morgan fingerprint density at radius 2 is 2.06 bits per heavy atom. The van der Waals surface area contributed by atoms with Crippen molar-refractivity contribution in [1.82, 2.24) is 10.5 Å². The van der Waals surface area contributed by atoms with Crippen LogP contribution >= 0.6 is 0 Å². The largest absolute Gasteiger partial charge is 0.380 e. The topological polar surface area (TPSA) is 47.3 Å². The Hall–Kier alpha value is -0.870. The highest BCUT2D eigenvalue weighted by atomic mass is 16.5. The van der Waals surface area contributed by atoms with Crippen molar-refractivity contribution in [3.05, 3.63) is 17.0 Å². The standard InChI is InChI=1S/C13H24N2O2/c1-6-16-8-13(9(2)3)14-7-12-10(4)15-17-11(12)5/h9,13-14H,6-8H2,1-5H3/t13-/m0/s1. The van der Waals surface area contributed by atoms with Crippen molar-refractivity contribution in [1.29, 1.82) is 0 Å². The van der Waals surface area contributed by atoms with E-state index in [2.05, 4.69) is 24.3 Å². The number of aromatic nitrogens is 1. The van der Waals surface area contributed by atoms with Gasteiger partial charge in [-0.15, -0.1) is 0 Å². The van der Waals surface area contributed by atoms with Gasteiger partial charge in [0.15, 0.2) is 0 Å². The fraction of sp³-hybridized carbons (Fsp3) is 0.769. The van der Waals surface area contributed by atoms with Crippen LogP contribution in [0.2, 0.25) is 0 Å². The van der Waals surface area contributed by atoms with Gasteiger partial charge < -0.3 is 14.6 Å². The summed E-state index contributed by atoms with van der Waals surface area (Å²) < 4.78 is 10.6. The van der Waals surface area contributed by atoms with E-state index in [1.165, 1.54) is 0 Å². The number of hydrogen-bond donors (Lipinski definition) is 1. The Kier molecular flexibility index (Phi) is 5.65. The molecule has 0 bridgehead atoms. The van der Waals surface area contributed by atoms with E-state index in [-0.39, 0.29) is 0 Å². The van der Waals surface area contributed by atoms with Gasteiger partial charge in [-0.25, -0.2) is 0 Å². The number of nitrogens with zero attached hydrogens (tertiary/aromatic N) is 1. The molecule has 1 N–H and O–H groups in total. The fourth-order valence-corrected chi connectivity index (χ4v) is 1.72. The summed E-state index contributed by atoms with van der Waals surface area (Å²) in [6.45, 7) is 12.6. The Morgan fingerprint density at radius 3 is 2.53 bits per heavy atom. The molecule has 0 saturated heterocycles. The molecular formula is C13H24N2O2. The third-order valence-corrected chi connectivity index (χ3v) is 3.03. The second kappa shape index (κ2) is 6.77. The van der Waals surface area contributed by atoms with E-state index in [4.69, 9.17) is 9.26 Å². The van der Waals surface area contributed by atoms with E-state index in [0.29, 0.717) is 12.0 Å².